The fraction of sp³-hybridized carbons (Fsp3) is 0.154. The highest BCUT2D eigenvalue weighted by atomic mass is 16.5. The molecule has 2 aromatic carbocycles. The molecule has 3 aromatic rings. The number of rotatable bonds is 7. The Morgan fingerprint density at radius 2 is 1.88 bits per heavy atom. The number of anilines is 3. The summed E-state index contributed by atoms with van der Waals surface area (Å²) in [6.45, 7) is 1.92. The SMILES string of the molecule is COCC(=O)Nc1ccc2ncnc(Nc3ccc(OC4=C/C(C)=N/C=C\C/C=C\4)cc3)c2c1. The number of hydrogen-bond donors (Lipinski definition) is 2. The van der Waals surface area contributed by atoms with Gasteiger partial charge in [0.2, 0.25) is 5.91 Å². The van der Waals surface area contributed by atoms with Crippen LogP contribution in [0.25, 0.3) is 10.9 Å². The van der Waals surface area contributed by atoms with Gasteiger partial charge in [-0.25, -0.2) is 9.97 Å². The van der Waals surface area contributed by atoms with E-state index in [1.807, 2.05) is 67.6 Å². The highest BCUT2D eigenvalue weighted by molar-refractivity contribution is 5.97. The molecule has 0 saturated carbocycles. The Labute approximate surface area is 197 Å². The summed E-state index contributed by atoms with van der Waals surface area (Å²) < 4.78 is 10.9. The van der Waals surface area contributed by atoms with E-state index in [9.17, 15) is 4.79 Å². The van der Waals surface area contributed by atoms with Gasteiger partial charge in [0, 0.05) is 41.9 Å². The first kappa shape index (κ1) is 22.9. The number of aromatic nitrogens is 2. The van der Waals surface area contributed by atoms with Gasteiger partial charge in [0.15, 0.2) is 0 Å². The summed E-state index contributed by atoms with van der Waals surface area (Å²) >= 11 is 0. The van der Waals surface area contributed by atoms with Gasteiger partial charge in [0.1, 0.15) is 30.3 Å². The number of nitrogens with zero attached hydrogens (tertiary/aromatic N) is 3. The lowest BCUT2D eigenvalue weighted by Gasteiger charge is -2.11. The van der Waals surface area contributed by atoms with Crippen molar-refractivity contribution in [1.29, 1.82) is 0 Å². The van der Waals surface area contributed by atoms with E-state index in [1.165, 1.54) is 13.4 Å². The van der Waals surface area contributed by atoms with Crippen molar-refractivity contribution in [2.24, 2.45) is 4.99 Å². The molecule has 1 aromatic heterocycles. The number of allylic oxidation sites excluding steroid dienone is 4. The molecule has 8 nitrogen and oxygen atoms in total. The van der Waals surface area contributed by atoms with E-state index in [2.05, 4.69) is 25.6 Å². The number of carbonyl (C=O) groups is 1. The number of hydrogen-bond acceptors (Lipinski definition) is 7. The third-order valence-corrected chi connectivity index (χ3v) is 4.84. The number of fused-ring (bicyclic) bond motifs is 1. The third-order valence-electron chi connectivity index (χ3n) is 4.84. The average Bonchev–Trinajstić information content (AvgIpc) is 2.92. The van der Waals surface area contributed by atoms with Gasteiger partial charge >= 0.3 is 0 Å². The Kier molecular flexibility index (Phi) is 7.42. The zero-order chi connectivity index (χ0) is 23.8. The Morgan fingerprint density at radius 3 is 2.71 bits per heavy atom. The molecule has 0 fully saturated rings. The molecule has 34 heavy (non-hydrogen) atoms. The van der Waals surface area contributed by atoms with Crippen molar-refractivity contribution in [3.63, 3.8) is 0 Å². The molecular weight excluding hydrogens is 430 g/mol. The molecule has 0 aliphatic carbocycles. The molecule has 1 aliphatic rings. The van der Waals surface area contributed by atoms with E-state index >= 15 is 0 Å². The molecule has 0 saturated heterocycles. The van der Waals surface area contributed by atoms with Gasteiger partial charge in [-0.05, 0) is 61.9 Å². The number of methoxy groups -OCH3 is 1. The minimum atomic E-state index is -0.230. The van der Waals surface area contributed by atoms with Crippen LogP contribution in [0.2, 0.25) is 0 Å². The smallest absolute Gasteiger partial charge is 0.250 e. The van der Waals surface area contributed by atoms with Crippen LogP contribution in [0.3, 0.4) is 0 Å². The van der Waals surface area contributed by atoms with Gasteiger partial charge in [-0.2, -0.15) is 0 Å². The molecular formula is C26H25N5O3. The van der Waals surface area contributed by atoms with Crippen LogP contribution in [0.15, 0.2) is 90.0 Å². The lowest BCUT2D eigenvalue weighted by atomic mass is 10.2. The molecule has 8 heteroatoms. The van der Waals surface area contributed by atoms with Gasteiger partial charge in [0.25, 0.3) is 0 Å². The third kappa shape index (κ3) is 6.14. The molecule has 1 amide bonds. The molecule has 2 N–H and O–H groups in total. The van der Waals surface area contributed by atoms with Crippen LogP contribution >= 0.6 is 0 Å². The average molecular weight is 456 g/mol. The number of nitrogens with one attached hydrogen (secondary N) is 2. The van der Waals surface area contributed by atoms with Crippen LogP contribution in [0, 0.1) is 0 Å². The van der Waals surface area contributed by atoms with E-state index in [1.54, 1.807) is 12.3 Å². The topological polar surface area (TPSA) is 97.7 Å². The fourth-order valence-electron chi connectivity index (χ4n) is 3.29. The molecule has 172 valence electrons. The van der Waals surface area contributed by atoms with Gasteiger partial charge in [-0.15, -0.1) is 0 Å². The summed E-state index contributed by atoms with van der Waals surface area (Å²) in [7, 11) is 1.48. The van der Waals surface area contributed by atoms with E-state index in [-0.39, 0.29) is 12.5 Å². The predicted octanol–water partition coefficient (Wildman–Crippen LogP) is 5.16. The summed E-state index contributed by atoms with van der Waals surface area (Å²) in [5.41, 5.74) is 3.10. The molecule has 0 unspecified atom stereocenters. The van der Waals surface area contributed by atoms with Crippen LogP contribution in [0.4, 0.5) is 17.2 Å². The number of benzene rings is 2. The molecule has 0 atom stereocenters. The fourth-order valence-corrected chi connectivity index (χ4v) is 3.29. The van der Waals surface area contributed by atoms with Crippen molar-refractivity contribution in [1.82, 2.24) is 9.97 Å². The minimum absolute atomic E-state index is 0.0151. The standard InChI is InChI=1S/C26H25N5O3/c1-18-14-22(6-4-3-5-13-27-18)34-21-10-7-19(8-11-21)31-26-23-15-20(30-25(32)16-33-2)9-12-24(23)28-17-29-26/h4-15,17H,3,16H2,1-2H3,(H,30,32)(H,28,29,31)/b6-4-,13-5-,22-14+,27-18+. The number of aliphatic imine (C=N–C) groups is 1. The maximum Gasteiger partial charge on any atom is 0.250 e. The summed E-state index contributed by atoms with van der Waals surface area (Å²) in [4.78, 5) is 24.9. The zero-order valence-corrected chi connectivity index (χ0v) is 19.0. The van der Waals surface area contributed by atoms with Crippen LogP contribution in [-0.2, 0) is 9.53 Å². The summed E-state index contributed by atoms with van der Waals surface area (Å²) in [5.74, 6) is 1.82. The van der Waals surface area contributed by atoms with Crippen molar-refractivity contribution in [3.8, 4) is 5.75 Å². The van der Waals surface area contributed by atoms with Crippen molar-refractivity contribution in [2.75, 3.05) is 24.4 Å². The first-order valence-corrected chi connectivity index (χ1v) is 10.8. The highest BCUT2D eigenvalue weighted by Crippen LogP contribution is 2.27. The maximum atomic E-state index is 11.9. The molecule has 1 aliphatic heterocycles. The summed E-state index contributed by atoms with van der Waals surface area (Å²) in [6, 6.07) is 13.0. The minimum Gasteiger partial charge on any atom is -0.457 e. The zero-order valence-electron chi connectivity index (χ0n) is 19.0. The molecule has 0 spiro atoms. The van der Waals surface area contributed by atoms with Crippen molar-refractivity contribution in [3.05, 3.63) is 85.1 Å². The summed E-state index contributed by atoms with van der Waals surface area (Å²) in [6.07, 6.45) is 12.0. The van der Waals surface area contributed by atoms with E-state index in [0.29, 0.717) is 17.3 Å². The lowest BCUT2D eigenvalue weighted by Crippen LogP contribution is -2.17. The van der Waals surface area contributed by atoms with Gasteiger partial charge in [-0.3, -0.25) is 9.79 Å². The van der Waals surface area contributed by atoms with Gasteiger partial charge in [-0.1, -0.05) is 12.2 Å². The quantitative estimate of drug-likeness (QED) is 0.511. The molecule has 0 radical (unpaired) electrons. The van der Waals surface area contributed by atoms with E-state index in [0.717, 1.165) is 34.5 Å². The van der Waals surface area contributed by atoms with Crippen LogP contribution in [0.1, 0.15) is 13.3 Å². The maximum absolute atomic E-state index is 11.9. The second kappa shape index (κ2) is 11.0. The number of carbonyl (C=O) groups excluding carboxylic acids is 1. The lowest BCUT2D eigenvalue weighted by molar-refractivity contribution is -0.119. The van der Waals surface area contributed by atoms with Gasteiger partial charge in [0.05, 0.1) is 5.52 Å². The molecule has 2 heterocycles. The molecule has 4 rings (SSSR count). The second-order valence-electron chi connectivity index (χ2n) is 7.53. The highest BCUT2D eigenvalue weighted by Gasteiger charge is 2.08. The monoisotopic (exact) mass is 455 g/mol. The van der Waals surface area contributed by atoms with E-state index in [4.69, 9.17) is 9.47 Å². The first-order chi connectivity index (χ1) is 16.6. The van der Waals surface area contributed by atoms with Gasteiger partial charge < -0.3 is 20.1 Å². The van der Waals surface area contributed by atoms with Crippen molar-refractivity contribution in [2.45, 2.75) is 13.3 Å². The Morgan fingerprint density at radius 1 is 1.06 bits per heavy atom. The molecule has 0 bridgehead atoms. The van der Waals surface area contributed by atoms with Crippen LogP contribution in [-0.4, -0.2) is 35.3 Å². The van der Waals surface area contributed by atoms with Crippen molar-refractivity contribution >= 4 is 39.7 Å². The predicted molar refractivity (Wildman–Crippen MR) is 134 cm³/mol. The van der Waals surface area contributed by atoms with Crippen molar-refractivity contribution < 1.29 is 14.3 Å². The first-order valence-electron chi connectivity index (χ1n) is 10.8. The summed E-state index contributed by atoms with van der Waals surface area (Å²) in [5, 5.41) is 6.90. The number of amides is 1. The Balaban J connectivity index is 1.50. The van der Waals surface area contributed by atoms with E-state index < -0.39 is 0 Å². The van der Waals surface area contributed by atoms with Crippen LogP contribution in [0.5, 0.6) is 5.75 Å². The Hall–Kier alpha value is -4.30. The number of ether oxygens (including phenoxy) is 2. The van der Waals surface area contributed by atoms with Crippen LogP contribution < -0.4 is 15.4 Å². The second-order valence-corrected chi connectivity index (χ2v) is 7.53. The largest absolute Gasteiger partial charge is 0.457 e. The normalized spacial score (nSPS) is 18.3. The Bertz CT molecular complexity index is 1290.